The Morgan fingerprint density at radius 3 is 2.46 bits per heavy atom. The number of sulfone groups is 1. The lowest BCUT2D eigenvalue weighted by atomic mass is 10.2. The molecule has 0 unspecified atom stereocenters. The van der Waals surface area contributed by atoms with E-state index in [1.807, 2.05) is 0 Å². The maximum atomic E-state index is 13.0. The summed E-state index contributed by atoms with van der Waals surface area (Å²) in [5.41, 5.74) is -5.92. The van der Waals surface area contributed by atoms with Crippen LogP contribution in [0.25, 0.3) is 0 Å². The van der Waals surface area contributed by atoms with Crippen molar-refractivity contribution in [2.24, 2.45) is 0 Å². The SMILES string of the molecule is Cc1cc(F)ccc1NC(=O)c1cccnc1S(=O)(=O)C(F)(F)F. The van der Waals surface area contributed by atoms with Crippen LogP contribution in [0.3, 0.4) is 0 Å². The molecule has 2 rings (SSSR count). The van der Waals surface area contributed by atoms with Crippen molar-refractivity contribution >= 4 is 21.4 Å². The number of halogens is 4. The van der Waals surface area contributed by atoms with E-state index in [-0.39, 0.29) is 5.69 Å². The van der Waals surface area contributed by atoms with Crippen molar-refractivity contribution in [1.29, 1.82) is 0 Å². The summed E-state index contributed by atoms with van der Waals surface area (Å²) >= 11 is 0. The summed E-state index contributed by atoms with van der Waals surface area (Å²) in [6, 6.07) is 5.38. The number of carbonyl (C=O) groups excluding carboxylic acids is 1. The van der Waals surface area contributed by atoms with Gasteiger partial charge in [-0.15, -0.1) is 0 Å². The third kappa shape index (κ3) is 3.37. The molecule has 0 atom stereocenters. The maximum Gasteiger partial charge on any atom is 0.503 e. The van der Waals surface area contributed by atoms with Gasteiger partial charge in [-0.2, -0.15) is 13.2 Å². The molecule has 0 aliphatic heterocycles. The fourth-order valence-corrected chi connectivity index (χ4v) is 2.71. The highest BCUT2D eigenvalue weighted by molar-refractivity contribution is 7.92. The van der Waals surface area contributed by atoms with Crippen LogP contribution in [0.15, 0.2) is 41.6 Å². The summed E-state index contributed by atoms with van der Waals surface area (Å²) in [7, 11) is -5.79. The number of carbonyl (C=O) groups is 1. The van der Waals surface area contributed by atoms with E-state index in [0.29, 0.717) is 5.56 Å². The van der Waals surface area contributed by atoms with Crippen molar-refractivity contribution in [3.63, 3.8) is 0 Å². The molecule has 0 spiro atoms. The Kier molecular flexibility index (Phi) is 4.61. The van der Waals surface area contributed by atoms with Crippen LogP contribution >= 0.6 is 0 Å². The molecular formula is C14H10F4N2O3S. The van der Waals surface area contributed by atoms with Gasteiger partial charge in [0.15, 0.2) is 5.03 Å². The summed E-state index contributed by atoms with van der Waals surface area (Å²) in [5.74, 6) is -1.67. The van der Waals surface area contributed by atoms with Crippen LogP contribution in [-0.2, 0) is 9.84 Å². The molecule has 24 heavy (non-hydrogen) atoms. The molecule has 0 saturated heterocycles. The summed E-state index contributed by atoms with van der Waals surface area (Å²) in [5, 5.41) is 0.847. The Bertz CT molecular complexity index is 895. The van der Waals surface area contributed by atoms with Gasteiger partial charge in [0.2, 0.25) is 0 Å². The lowest BCUT2D eigenvalue weighted by Gasteiger charge is -2.12. The Morgan fingerprint density at radius 2 is 1.88 bits per heavy atom. The van der Waals surface area contributed by atoms with Gasteiger partial charge in [0, 0.05) is 11.9 Å². The van der Waals surface area contributed by atoms with Crippen LogP contribution in [0.5, 0.6) is 0 Å². The third-order valence-electron chi connectivity index (χ3n) is 3.01. The van der Waals surface area contributed by atoms with Crippen LogP contribution in [0.2, 0.25) is 0 Å². The molecule has 0 aliphatic rings. The molecule has 5 nitrogen and oxygen atoms in total. The van der Waals surface area contributed by atoms with Gasteiger partial charge >= 0.3 is 5.51 Å². The number of nitrogens with one attached hydrogen (secondary N) is 1. The van der Waals surface area contributed by atoms with E-state index in [1.54, 1.807) is 0 Å². The number of anilines is 1. The highest BCUT2D eigenvalue weighted by atomic mass is 32.2. The van der Waals surface area contributed by atoms with Crippen molar-refractivity contribution in [3.8, 4) is 0 Å². The molecule has 128 valence electrons. The third-order valence-corrected chi connectivity index (χ3v) is 4.46. The molecule has 1 N–H and O–H groups in total. The fourth-order valence-electron chi connectivity index (χ4n) is 1.84. The molecule has 1 aromatic carbocycles. The minimum atomic E-state index is -5.79. The van der Waals surface area contributed by atoms with E-state index in [0.717, 1.165) is 30.5 Å². The van der Waals surface area contributed by atoms with E-state index < -0.39 is 37.7 Å². The molecule has 1 amide bonds. The number of aromatic nitrogens is 1. The lowest BCUT2D eigenvalue weighted by molar-refractivity contribution is -0.0438. The Labute approximate surface area is 134 Å². The second-order valence-corrected chi connectivity index (χ2v) is 6.58. The zero-order chi connectivity index (χ0) is 18.1. The average molecular weight is 362 g/mol. The zero-order valence-corrected chi connectivity index (χ0v) is 12.9. The van der Waals surface area contributed by atoms with Crippen LogP contribution in [-0.4, -0.2) is 24.8 Å². The summed E-state index contributed by atoms with van der Waals surface area (Å²) in [4.78, 5) is 15.4. The molecule has 0 bridgehead atoms. The maximum absolute atomic E-state index is 13.0. The summed E-state index contributed by atoms with van der Waals surface area (Å²) in [6.07, 6.45) is 0.832. The molecule has 0 aliphatic carbocycles. The second kappa shape index (κ2) is 6.19. The van der Waals surface area contributed by atoms with Gasteiger partial charge in [0.25, 0.3) is 15.7 Å². The number of amides is 1. The van der Waals surface area contributed by atoms with Gasteiger partial charge in [0.05, 0.1) is 5.56 Å². The van der Waals surface area contributed by atoms with E-state index in [9.17, 15) is 30.8 Å². The largest absolute Gasteiger partial charge is 0.503 e. The smallest absolute Gasteiger partial charge is 0.322 e. The first kappa shape index (κ1) is 17.9. The van der Waals surface area contributed by atoms with Crippen molar-refractivity contribution in [1.82, 2.24) is 4.98 Å². The number of hydrogen-bond donors (Lipinski definition) is 1. The van der Waals surface area contributed by atoms with E-state index in [4.69, 9.17) is 0 Å². The Hall–Kier alpha value is -2.49. The van der Waals surface area contributed by atoms with Crippen molar-refractivity contribution in [2.75, 3.05) is 5.32 Å². The van der Waals surface area contributed by atoms with Gasteiger partial charge in [0.1, 0.15) is 5.82 Å². The van der Waals surface area contributed by atoms with E-state index >= 15 is 0 Å². The molecule has 2 aromatic rings. The highest BCUT2D eigenvalue weighted by Gasteiger charge is 2.49. The Balaban J connectivity index is 2.45. The van der Waals surface area contributed by atoms with Crippen LogP contribution in [0.4, 0.5) is 23.2 Å². The van der Waals surface area contributed by atoms with Gasteiger partial charge in [-0.1, -0.05) is 0 Å². The number of rotatable bonds is 3. The predicted molar refractivity (Wildman–Crippen MR) is 76.6 cm³/mol. The Morgan fingerprint density at radius 1 is 1.21 bits per heavy atom. The first-order valence-corrected chi connectivity index (χ1v) is 7.86. The van der Waals surface area contributed by atoms with Gasteiger partial charge in [-0.05, 0) is 42.8 Å². The van der Waals surface area contributed by atoms with Gasteiger partial charge < -0.3 is 5.32 Å². The van der Waals surface area contributed by atoms with Crippen LogP contribution < -0.4 is 5.32 Å². The zero-order valence-electron chi connectivity index (χ0n) is 12.1. The normalized spacial score (nSPS) is 12.0. The molecule has 10 heteroatoms. The van der Waals surface area contributed by atoms with Gasteiger partial charge in [-0.25, -0.2) is 17.8 Å². The number of pyridine rings is 1. The molecule has 1 aromatic heterocycles. The number of hydrogen-bond acceptors (Lipinski definition) is 4. The molecule has 0 saturated carbocycles. The fraction of sp³-hybridized carbons (Fsp3) is 0.143. The van der Waals surface area contributed by atoms with Crippen molar-refractivity contribution in [3.05, 3.63) is 53.5 Å². The monoisotopic (exact) mass is 362 g/mol. The number of alkyl halides is 3. The quantitative estimate of drug-likeness (QED) is 0.852. The number of benzene rings is 1. The standard InChI is InChI=1S/C14H10F4N2O3S/c1-8-7-9(15)4-5-11(8)20-12(21)10-3-2-6-19-13(10)24(22,23)14(16,17)18/h2-7H,1H3,(H,20,21). The minimum absolute atomic E-state index is 0.126. The van der Waals surface area contributed by atoms with Crippen LogP contribution in [0, 0.1) is 12.7 Å². The first-order chi connectivity index (χ1) is 11.0. The molecule has 1 heterocycles. The molecular weight excluding hydrogens is 352 g/mol. The minimum Gasteiger partial charge on any atom is -0.322 e. The van der Waals surface area contributed by atoms with E-state index in [2.05, 4.69) is 10.3 Å². The number of nitrogens with zero attached hydrogens (tertiary/aromatic N) is 1. The lowest BCUT2D eigenvalue weighted by Crippen LogP contribution is -2.27. The summed E-state index contributed by atoms with van der Waals surface area (Å²) < 4.78 is 74.2. The number of aryl methyl sites for hydroxylation is 1. The van der Waals surface area contributed by atoms with E-state index in [1.165, 1.54) is 13.0 Å². The average Bonchev–Trinajstić information content (AvgIpc) is 2.49. The van der Waals surface area contributed by atoms with Gasteiger partial charge in [-0.3, -0.25) is 4.79 Å². The van der Waals surface area contributed by atoms with Crippen molar-refractivity contribution < 1.29 is 30.8 Å². The molecule has 0 fully saturated rings. The van der Waals surface area contributed by atoms with Crippen LogP contribution in [0.1, 0.15) is 15.9 Å². The highest BCUT2D eigenvalue weighted by Crippen LogP contribution is 2.31. The predicted octanol–water partition coefficient (Wildman–Crippen LogP) is 3.07. The topological polar surface area (TPSA) is 76.1 Å². The van der Waals surface area contributed by atoms with Crippen molar-refractivity contribution in [2.45, 2.75) is 17.5 Å². The molecule has 0 radical (unpaired) electrons. The summed E-state index contributed by atoms with van der Waals surface area (Å²) in [6.45, 7) is 1.47. The second-order valence-electron chi connectivity index (χ2n) is 4.72. The first-order valence-electron chi connectivity index (χ1n) is 6.38.